The number of ether oxygens (including phenoxy) is 2. The van der Waals surface area contributed by atoms with E-state index < -0.39 is 38.2 Å². The predicted octanol–water partition coefficient (Wildman–Crippen LogP) is 6.53. The molecule has 1 aliphatic heterocycles. The molecule has 6 N–H and O–H groups in total. The van der Waals surface area contributed by atoms with Crippen LogP contribution >= 0.6 is 65.5 Å². The maximum absolute atomic E-state index is 14.3. The third kappa shape index (κ3) is 20.8. The van der Waals surface area contributed by atoms with Crippen LogP contribution in [-0.2, 0) is 47.9 Å². The second-order valence-electron chi connectivity index (χ2n) is 14.7. The summed E-state index contributed by atoms with van der Waals surface area (Å²) in [5.41, 5.74) is 3.29. The van der Waals surface area contributed by atoms with Crippen LogP contribution in [0.5, 0.6) is 0 Å². The van der Waals surface area contributed by atoms with Crippen LogP contribution in [0.1, 0.15) is 58.6 Å². The number of fused-ring (bicyclic) bond motifs is 1. The summed E-state index contributed by atoms with van der Waals surface area (Å²) in [7, 11) is -1.16. The quantitative estimate of drug-likeness (QED) is 0.0268. The lowest BCUT2D eigenvalue weighted by atomic mass is 10.0. The number of nitrogens with one attached hydrogen (secondary N) is 3. The Balaban J connectivity index is 0.000000329. The number of amides is 1. The number of aryl methyl sites for hydroxylation is 2. The number of alkyl halides is 1. The van der Waals surface area contributed by atoms with Crippen LogP contribution in [0.15, 0.2) is 45.0 Å². The van der Waals surface area contributed by atoms with Gasteiger partial charge in [-0.2, -0.15) is 15.0 Å². The van der Waals surface area contributed by atoms with Crippen LogP contribution in [0.25, 0.3) is 0 Å². The number of thioether (sulfide) groups is 1. The first kappa shape index (κ1) is 60.0. The minimum atomic E-state index is -4.10. The number of rotatable bonds is 18. The Hall–Kier alpha value is -4.16. The molecule has 2 aromatic carbocycles. The van der Waals surface area contributed by atoms with Crippen molar-refractivity contribution < 1.29 is 47.7 Å². The van der Waals surface area contributed by atoms with Gasteiger partial charge in [0.05, 0.1) is 49.1 Å². The normalized spacial score (nSPS) is 12.5. The number of halogens is 4. The molecule has 2 aromatic heterocycles. The SMILES string of the molecule is CCNc1nc(Cl)nc(NC(C)C)n1.CCc1cccc(C)c1N(C(=O)CCl)C(C)COC.COC(=O)CSc1cc(/N=c2\sc(=O)n3n2CCCC3)c(F)cc1Cl.O=C(O)CNCP(=O)(O)O. The fourth-order valence-corrected chi connectivity index (χ4v) is 8.65. The average molecular weight is 1070 g/mol. The van der Waals surface area contributed by atoms with E-state index in [1.54, 1.807) is 21.4 Å². The minimum absolute atomic E-state index is 0.0223. The van der Waals surface area contributed by atoms with Crippen LogP contribution in [0.4, 0.5) is 27.7 Å². The van der Waals surface area contributed by atoms with Gasteiger partial charge in [-0.25, -0.2) is 14.1 Å². The van der Waals surface area contributed by atoms with Crippen molar-refractivity contribution in [3.63, 3.8) is 0 Å². The molecule has 0 bridgehead atoms. The third-order valence-electron chi connectivity index (χ3n) is 8.81. The van der Waals surface area contributed by atoms with Crippen LogP contribution < -0.4 is 30.5 Å². The summed E-state index contributed by atoms with van der Waals surface area (Å²) in [5.74, 6) is -1.19. The van der Waals surface area contributed by atoms with E-state index in [1.165, 1.54) is 13.2 Å². The summed E-state index contributed by atoms with van der Waals surface area (Å²) in [6.45, 7) is 14.2. The van der Waals surface area contributed by atoms with Crippen molar-refractivity contribution in [2.75, 3.05) is 67.4 Å². The molecule has 0 radical (unpaired) electrons. The van der Waals surface area contributed by atoms with Gasteiger partial charge in [-0.1, -0.05) is 36.7 Å². The largest absolute Gasteiger partial charge is 0.480 e. The molecule has 1 atom stereocenters. The maximum atomic E-state index is 14.3. The molecular weight excluding hydrogens is 1010 g/mol. The molecule has 27 heteroatoms. The molecule has 1 aliphatic rings. The van der Waals surface area contributed by atoms with Gasteiger partial charge in [-0.15, -0.1) is 23.4 Å². The number of anilines is 3. The van der Waals surface area contributed by atoms with Gasteiger partial charge in [0.1, 0.15) is 17.4 Å². The minimum Gasteiger partial charge on any atom is -0.480 e. The molecule has 1 amide bonds. The van der Waals surface area contributed by atoms with E-state index in [0.29, 0.717) is 41.3 Å². The van der Waals surface area contributed by atoms with Crippen molar-refractivity contribution in [3.8, 4) is 0 Å². The van der Waals surface area contributed by atoms with Crippen molar-refractivity contribution in [3.05, 3.63) is 72.1 Å². The van der Waals surface area contributed by atoms with Gasteiger partial charge in [0.25, 0.3) is 0 Å². The van der Waals surface area contributed by atoms with Gasteiger partial charge < -0.3 is 39.9 Å². The molecule has 0 aliphatic carbocycles. The number of aliphatic carboxylic acids is 1. The summed E-state index contributed by atoms with van der Waals surface area (Å²) in [6, 6.07) is 8.96. The fourth-order valence-electron chi connectivity index (χ4n) is 5.97. The number of para-hydroxylation sites is 1. The summed E-state index contributed by atoms with van der Waals surface area (Å²) in [5, 5.41) is 16.5. The zero-order valence-electron chi connectivity index (χ0n) is 38.9. The Morgan fingerprint density at radius 3 is 2.29 bits per heavy atom. The van der Waals surface area contributed by atoms with Gasteiger partial charge in [0.15, 0.2) is 0 Å². The number of carbonyl (C=O) groups excluding carboxylic acids is 2. The monoisotopic (exact) mass is 1070 g/mol. The number of carboxylic acid groups (broad SMARTS) is 1. The lowest BCUT2D eigenvalue weighted by Crippen LogP contribution is -2.43. The number of aromatic nitrogens is 5. The van der Waals surface area contributed by atoms with E-state index in [2.05, 4.69) is 53.6 Å². The fraction of sp³-hybridized carbons (Fsp3) is 0.512. The maximum Gasteiger partial charge on any atom is 0.339 e. The second kappa shape index (κ2) is 30.4. The molecule has 1 unspecified atom stereocenters. The Morgan fingerprint density at radius 1 is 1.06 bits per heavy atom. The molecule has 378 valence electrons. The molecule has 3 heterocycles. The van der Waals surface area contributed by atoms with E-state index in [9.17, 15) is 28.1 Å². The molecule has 4 aromatic rings. The van der Waals surface area contributed by atoms with E-state index >= 15 is 0 Å². The number of hydrogen-bond acceptors (Lipinski definition) is 16. The standard InChI is InChI=1S/C15H15ClFN3O3S2.C15H22ClNO2.C8H14ClN5.C3H8NO5P/c1-23-13(21)8-24-12-7-11(10(17)6-9(12)16)18-14-19-4-2-3-5-20(19)15(22)25-14;1-5-13-8-6-7-11(2)15(13)17(14(18)9-16)12(3)10-19-4;1-4-10-7-12-6(9)13-8(14-7)11-5(2)3;5-3(6)1-4-2-10(7,8)9/h6-7H,2-5,8H2,1H3;6-8,12H,5,9-10H2,1-4H3;5H,4H2,1-3H3,(H2,10,11,12,13,14);4H,1-2H2,(H,5,6)(H2,7,8,9)/b18-14-;;;. The van der Waals surface area contributed by atoms with E-state index in [0.717, 1.165) is 71.8 Å². The van der Waals surface area contributed by atoms with E-state index in [-0.39, 0.29) is 50.5 Å². The van der Waals surface area contributed by atoms with Crippen molar-refractivity contribution in [2.24, 2.45) is 4.99 Å². The van der Waals surface area contributed by atoms with Crippen molar-refractivity contribution in [1.82, 2.24) is 29.6 Å². The van der Waals surface area contributed by atoms with Crippen molar-refractivity contribution in [2.45, 2.75) is 90.9 Å². The van der Waals surface area contributed by atoms with E-state index in [4.69, 9.17) is 54.4 Å². The zero-order valence-corrected chi connectivity index (χ0v) is 43.7. The highest BCUT2D eigenvalue weighted by molar-refractivity contribution is 8.00. The predicted molar refractivity (Wildman–Crippen MR) is 266 cm³/mol. The zero-order chi connectivity index (χ0) is 51.1. The highest BCUT2D eigenvalue weighted by atomic mass is 35.5. The molecule has 0 fully saturated rings. The Labute approximate surface area is 417 Å². The molecule has 0 spiro atoms. The van der Waals surface area contributed by atoms with Gasteiger partial charge in [0.2, 0.25) is 27.9 Å². The van der Waals surface area contributed by atoms with Gasteiger partial charge in [-0.3, -0.25) is 33.7 Å². The van der Waals surface area contributed by atoms with Gasteiger partial charge in [-0.05, 0) is 100 Å². The number of methoxy groups -OCH3 is 2. The second-order valence-corrected chi connectivity index (χ2v) is 19.3. The van der Waals surface area contributed by atoms with Gasteiger partial charge in [0, 0.05) is 37.7 Å². The summed E-state index contributed by atoms with van der Waals surface area (Å²) >= 11 is 19.7. The lowest BCUT2D eigenvalue weighted by molar-refractivity contribution is -0.137. The highest BCUT2D eigenvalue weighted by Gasteiger charge is 2.25. The number of carboxylic acids is 1. The molecule has 0 saturated heterocycles. The Kier molecular flexibility index (Phi) is 26.8. The van der Waals surface area contributed by atoms with E-state index in [1.807, 2.05) is 46.8 Å². The number of carbonyl (C=O) groups is 3. The van der Waals surface area contributed by atoms with Crippen molar-refractivity contribution >= 4 is 107 Å². The summed E-state index contributed by atoms with van der Waals surface area (Å²) < 4.78 is 37.5. The first-order valence-corrected chi connectivity index (χ1v) is 25.9. The third-order valence-corrected chi connectivity index (χ3v) is 12.2. The van der Waals surface area contributed by atoms with Crippen LogP contribution in [0.3, 0.4) is 0 Å². The summed E-state index contributed by atoms with van der Waals surface area (Å²) in [6.07, 6.45) is 2.18. The van der Waals surface area contributed by atoms with Crippen molar-refractivity contribution in [1.29, 1.82) is 0 Å². The Bertz CT molecular complexity index is 2460. The van der Waals surface area contributed by atoms with Crippen LogP contribution in [-0.4, -0.2) is 121 Å². The lowest BCUT2D eigenvalue weighted by Gasteiger charge is -2.31. The molecule has 0 saturated carbocycles. The number of esters is 1. The first-order valence-electron chi connectivity index (χ1n) is 21.0. The summed E-state index contributed by atoms with van der Waals surface area (Å²) in [4.78, 5) is 80.6. The average Bonchev–Trinajstić information content (AvgIpc) is 3.58. The van der Waals surface area contributed by atoms with Crippen LogP contribution in [0.2, 0.25) is 10.3 Å². The molecule has 20 nitrogen and oxygen atoms in total. The molecule has 5 rings (SSSR count). The molecule has 68 heavy (non-hydrogen) atoms. The topological polar surface area (TPSA) is 265 Å². The molecular formula is C41H59Cl3FN10O10PS2. The Morgan fingerprint density at radius 2 is 1.72 bits per heavy atom. The highest BCUT2D eigenvalue weighted by Crippen LogP contribution is 2.34. The smallest absolute Gasteiger partial charge is 0.339 e. The first-order chi connectivity index (χ1) is 32.1. The number of benzene rings is 2. The number of nitrogens with zero attached hydrogens (tertiary/aromatic N) is 7. The van der Waals surface area contributed by atoms with Crippen LogP contribution in [0, 0.1) is 12.7 Å². The van der Waals surface area contributed by atoms with Gasteiger partial charge >= 0.3 is 24.4 Å². The number of hydrogen-bond donors (Lipinski definition) is 6.